The Labute approximate surface area is 100 Å². The second-order valence-electron chi connectivity index (χ2n) is 3.16. The van der Waals surface area contributed by atoms with E-state index in [2.05, 4.69) is 27.0 Å². The van der Waals surface area contributed by atoms with Gasteiger partial charge in [-0.05, 0) is 28.9 Å². The van der Waals surface area contributed by atoms with Crippen LogP contribution < -0.4 is 0 Å². The zero-order chi connectivity index (χ0) is 11.0. The third kappa shape index (κ3) is 1.71. The van der Waals surface area contributed by atoms with Crippen LogP contribution in [0.15, 0.2) is 15.9 Å². The van der Waals surface area contributed by atoms with E-state index >= 15 is 0 Å². The molecule has 0 radical (unpaired) electrons. The van der Waals surface area contributed by atoms with E-state index in [0.717, 1.165) is 20.9 Å². The lowest BCUT2D eigenvalue weighted by atomic mass is 10.3. The molecule has 2 aromatic heterocycles. The first kappa shape index (κ1) is 10.4. The minimum atomic E-state index is 0.490. The third-order valence-corrected chi connectivity index (χ3v) is 3.92. The number of hydrogen-bond acceptors (Lipinski definition) is 3. The Morgan fingerprint density at radius 1 is 1.60 bits per heavy atom. The van der Waals surface area contributed by atoms with Gasteiger partial charge < -0.3 is 4.57 Å². The van der Waals surface area contributed by atoms with Gasteiger partial charge in [-0.15, -0.1) is 11.3 Å². The second kappa shape index (κ2) is 3.80. The summed E-state index contributed by atoms with van der Waals surface area (Å²) in [4.78, 5) is 5.26. The van der Waals surface area contributed by atoms with E-state index in [4.69, 9.17) is 5.26 Å². The van der Waals surface area contributed by atoms with Crippen LogP contribution in [0.25, 0.3) is 10.6 Å². The normalized spacial score (nSPS) is 10.3. The van der Waals surface area contributed by atoms with E-state index in [0.29, 0.717) is 5.69 Å². The molecule has 0 aliphatic heterocycles. The van der Waals surface area contributed by atoms with E-state index in [1.165, 1.54) is 0 Å². The zero-order valence-corrected chi connectivity index (χ0v) is 10.7. The fraction of sp³-hybridized carbons (Fsp3) is 0.200. The molecule has 0 fully saturated rings. The Balaban J connectivity index is 2.67. The van der Waals surface area contributed by atoms with Gasteiger partial charge in [0.05, 0.1) is 10.6 Å². The molecule has 15 heavy (non-hydrogen) atoms. The predicted molar refractivity (Wildman–Crippen MR) is 63.7 cm³/mol. The molecular weight excluding hydrogens is 274 g/mol. The number of nitrogens with zero attached hydrogens (tertiary/aromatic N) is 3. The fourth-order valence-corrected chi connectivity index (χ4v) is 2.92. The maximum atomic E-state index is 8.99. The number of imidazole rings is 1. The number of nitriles is 1. The average molecular weight is 282 g/mol. The standard InChI is InChI=1S/C10H8BrN3S/c1-6-13-8(4-12)10(14(6)2)9-3-7(11)5-15-9/h3,5H,1-2H3. The van der Waals surface area contributed by atoms with Crippen LogP contribution in [0.2, 0.25) is 0 Å². The summed E-state index contributed by atoms with van der Waals surface area (Å²) in [5, 5.41) is 11.0. The first-order valence-electron chi connectivity index (χ1n) is 4.31. The Morgan fingerprint density at radius 3 is 2.87 bits per heavy atom. The monoisotopic (exact) mass is 281 g/mol. The van der Waals surface area contributed by atoms with Crippen LogP contribution in [-0.2, 0) is 7.05 Å². The molecule has 0 spiro atoms. The Hall–Kier alpha value is -1.12. The predicted octanol–water partition coefficient (Wildman–Crippen LogP) is 3.09. The van der Waals surface area contributed by atoms with Crippen molar-refractivity contribution in [2.24, 2.45) is 7.05 Å². The van der Waals surface area contributed by atoms with E-state index in [1.807, 2.05) is 30.0 Å². The lowest BCUT2D eigenvalue weighted by molar-refractivity contribution is 0.866. The molecule has 2 aromatic rings. The summed E-state index contributed by atoms with van der Waals surface area (Å²) in [6.45, 7) is 1.90. The number of halogens is 1. The lowest BCUT2D eigenvalue weighted by Crippen LogP contribution is -1.93. The molecule has 0 saturated heterocycles. The molecule has 0 bridgehead atoms. The lowest BCUT2D eigenvalue weighted by Gasteiger charge is -2.00. The van der Waals surface area contributed by atoms with Crippen LogP contribution in [0, 0.1) is 18.3 Å². The molecule has 0 saturated carbocycles. The van der Waals surface area contributed by atoms with Gasteiger partial charge in [-0.25, -0.2) is 4.98 Å². The van der Waals surface area contributed by atoms with Gasteiger partial charge in [0, 0.05) is 16.9 Å². The summed E-state index contributed by atoms with van der Waals surface area (Å²) in [7, 11) is 1.92. The van der Waals surface area contributed by atoms with Gasteiger partial charge in [-0.1, -0.05) is 0 Å². The van der Waals surface area contributed by atoms with Crippen LogP contribution in [0.5, 0.6) is 0 Å². The van der Waals surface area contributed by atoms with Gasteiger partial charge in [-0.2, -0.15) is 5.26 Å². The summed E-state index contributed by atoms with van der Waals surface area (Å²) >= 11 is 5.01. The Kier molecular flexibility index (Phi) is 2.63. The number of thiophene rings is 1. The van der Waals surface area contributed by atoms with Crippen molar-refractivity contribution in [3.63, 3.8) is 0 Å². The van der Waals surface area contributed by atoms with Gasteiger partial charge in [0.1, 0.15) is 11.9 Å². The van der Waals surface area contributed by atoms with Crippen molar-refractivity contribution in [1.82, 2.24) is 9.55 Å². The highest BCUT2D eigenvalue weighted by atomic mass is 79.9. The fourth-order valence-electron chi connectivity index (χ4n) is 1.41. The second-order valence-corrected chi connectivity index (χ2v) is 4.98. The zero-order valence-electron chi connectivity index (χ0n) is 8.28. The van der Waals surface area contributed by atoms with Crippen molar-refractivity contribution in [2.45, 2.75) is 6.92 Å². The van der Waals surface area contributed by atoms with E-state index in [9.17, 15) is 0 Å². The number of aryl methyl sites for hydroxylation is 1. The van der Waals surface area contributed by atoms with Gasteiger partial charge in [0.15, 0.2) is 5.69 Å². The first-order chi connectivity index (χ1) is 7.13. The molecule has 2 heterocycles. The third-order valence-electron chi connectivity index (χ3n) is 2.23. The van der Waals surface area contributed by atoms with Crippen LogP contribution in [0.3, 0.4) is 0 Å². The van der Waals surface area contributed by atoms with E-state index in [1.54, 1.807) is 11.3 Å². The molecule has 2 rings (SSSR count). The van der Waals surface area contributed by atoms with Crippen LogP contribution in [0.1, 0.15) is 11.5 Å². The highest BCUT2D eigenvalue weighted by molar-refractivity contribution is 9.10. The Bertz CT molecular complexity index is 548. The largest absolute Gasteiger partial charge is 0.330 e. The minimum Gasteiger partial charge on any atom is -0.330 e. The highest BCUT2D eigenvalue weighted by Gasteiger charge is 2.15. The summed E-state index contributed by atoms with van der Waals surface area (Å²) in [6.07, 6.45) is 0. The topological polar surface area (TPSA) is 41.6 Å². The van der Waals surface area contributed by atoms with Crippen molar-refractivity contribution < 1.29 is 0 Å². The molecule has 0 amide bonds. The molecule has 0 atom stereocenters. The maximum absolute atomic E-state index is 8.99. The molecule has 0 aliphatic carbocycles. The van der Waals surface area contributed by atoms with Crippen molar-refractivity contribution in [3.05, 3.63) is 27.4 Å². The average Bonchev–Trinajstić information content (AvgIpc) is 2.73. The Morgan fingerprint density at radius 2 is 2.33 bits per heavy atom. The highest BCUT2D eigenvalue weighted by Crippen LogP contribution is 2.32. The maximum Gasteiger partial charge on any atom is 0.167 e. The van der Waals surface area contributed by atoms with Crippen LogP contribution in [-0.4, -0.2) is 9.55 Å². The SMILES string of the molecule is Cc1nc(C#N)c(-c2cc(Br)cs2)n1C. The van der Waals surface area contributed by atoms with Crippen molar-refractivity contribution >= 4 is 27.3 Å². The summed E-state index contributed by atoms with van der Waals surface area (Å²) in [5.41, 5.74) is 1.38. The molecule has 0 aromatic carbocycles. The molecule has 0 aliphatic rings. The minimum absolute atomic E-state index is 0.490. The molecule has 0 N–H and O–H groups in total. The summed E-state index contributed by atoms with van der Waals surface area (Å²) in [5.74, 6) is 0.853. The van der Waals surface area contributed by atoms with Gasteiger partial charge in [0.25, 0.3) is 0 Å². The van der Waals surface area contributed by atoms with E-state index in [-0.39, 0.29) is 0 Å². The quantitative estimate of drug-likeness (QED) is 0.806. The van der Waals surface area contributed by atoms with Gasteiger partial charge in [0.2, 0.25) is 0 Å². The molecule has 76 valence electrons. The molecule has 0 unspecified atom stereocenters. The van der Waals surface area contributed by atoms with Crippen molar-refractivity contribution in [2.75, 3.05) is 0 Å². The van der Waals surface area contributed by atoms with Crippen LogP contribution in [0.4, 0.5) is 0 Å². The number of rotatable bonds is 1. The number of hydrogen-bond donors (Lipinski definition) is 0. The van der Waals surface area contributed by atoms with Crippen LogP contribution >= 0.6 is 27.3 Å². The molecule has 3 nitrogen and oxygen atoms in total. The van der Waals surface area contributed by atoms with Crippen molar-refractivity contribution in [1.29, 1.82) is 5.26 Å². The summed E-state index contributed by atoms with van der Waals surface area (Å²) in [6, 6.07) is 4.13. The van der Waals surface area contributed by atoms with Gasteiger partial charge >= 0.3 is 0 Å². The smallest absolute Gasteiger partial charge is 0.167 e. The van der Waals surface area contributed by atoms with E-state index < -0.39 is 0 Å². The molecular formula is C10H8BrN3S. The number of aromatic nitrogens is 2. The summed E-state index contributed by atoms with van der Waals surface area (Å²) < 4.78 is 2.97. The molecule has 5 heteroatoms. The first-order valence-corrected chi connectivity index (χ1v) is 5.98. The van der Waals surface area contributed by atoms with Gasteiger partial charge in [-0.3, -0.25) is 0 Å². The van der Waals surface area contributed by atoms with Crippen molar-refractivity contribution in [3.8, 4) is 16.6 Å².